The van der Waals surface area contributed by atoms with E-state index in [1.807, 2.05) is 23.9 Å². The summed E-state index contributed by atoms with van der Waals surface area (Å²) in [5.74, 6) is 0. The highest BCUT2D eigenvalue weighted by molar-refractivity contribution is 5.17. The summed E-state index contributed by atoms with van der Waals surface area (Å²) in [6, 6.07) is 2.03. The second-order valence-corrected chi connectivity index (χ2v) is 2.36. The van der Waals surface area contributed by atoms with Crippen molar-refractivity contribution in [3.05, 3.63) is 23.5 Å². The largest absolute Gasteiger partial charge is 0.353 e. The van der Waals surface area contributed by atoms with Crippen LogP contribution in [0, 0.1) is 0 Å². The van der Waals surface area contributed by atoms with Crippen LogP contribution in [0.5, 0.6) is 0 Å². The van der Waals surface area contributed by atoms with E-state index in [1.165, 1.54) is 0 Å². The minimum absolute atomic E-state index is 0.580. The van der Waals surface area contributed by atoms with Crippen LogP contribution < -0.4 is 11.5 Å². The highest BCUT2D eigenvalue weighted by Crippen LogP contribution is 2.04. The van der Waals surface area contributed by atoms with Crippen molar-refractivity contribution in [2.45, 2.75) is 13.1 Å². The number of hydrogen-bond acceptors (Lipinski definition) is 2. The van der Waals surface area contributed by atoms with Gasteiger partial charge in [0.15, 0.2) is 0 Å². The normalized spacial score (nSPS) is 10.3. The molecule has 3 nitrogen and oxygen atoms in total. The molecule has 0 aliphatic heterocycles. The summed E-state index contributed by atoms with van der Waals surface area (Å²) in [4.78, 5) is 0. The zero-order chi connectivity index (χ0) is 7.56. The Bertz CT molecular complexity index is 215. The van der Waals surface area contributed by atoms with Gasteiger partial charge in [-0.05, 0) is 11.6 Å². The van der Waals surface area contributed by atoms with Crippen molar-refractivity contribution in [2.75, 3.05) is 0 Å². The van der Waals surface area contributed by atoms with Gasteiger partial charge in [0.1, 0.15) is 0 Å². The molecule has 10 heavy (non-hydrogen) atoms. The summed E-state index contributed by atoms with van der Waals surface area (Å²) < 4.78 is 2.00. The topological polar surface area (TPSA) is 57.0 Å². The Balaban J connectivity index is 2.92. The van der Waals surface area contributed by atoms with Gasteiger partial charge in [-0.3, -0.25) is 0 Å². The molecule has 0 saturated heterocycles. The molecule has 1 heterocycles. The van der Waals surface area contributed by atoms with E-state index in [2.05, 4.69) is 0 Å². The van der Waals surface area contributed by atoms with Gasteiger partial charge in [-0.25, -0.2) is 0 Å². The first-order valence-corrected chi connectivity index (χ1v) is 3.32. The number of nitrogens with two attached hydrogens (primary N) is 2. The van der Waals surface area contributed by atoms with Gasteiger partial charge in [-0.2, -0.15) is 0 Å². The maximum atomic E-state index is 5.46. The molecule has 1 rings (SSSR count). The molecule has 0 saturated carbocycles. The summed E-state index contributed by atoms with van der Waals surface area (Å²) in [6.07, 6.45) is 2.00. The summed E-state index contributed by atoms with van der Waals surface area (Å²) in [5.41, 5.74) is 13.2. The number of aryl methyl sites for hydroxylation is 1. The molecule has 0 spiro atoms. The van der Waals surface area contributed by atoms with Crippen LogP contribution in [-0.2, 0) is 20.1 Å². The van der Waals surface area contributed by atoms with Crippen LogP contribution in [0.15, 0.2) is 12.3 Å². The quantitative estimate of drug-likeness (QED) is 0.603. The Morgan fingerprint density at radius 1 is 1.40 bits per heavy atom. The predicted molar refractivity (Wildman–Crippen MR) is 41.2 cm³/mol. The van der Waals surface area contributed by atoms with Gasteiger partial charge in [0.05, 0.1) is 0 Å². The van der Waals surface area contributed by atoms with Crippen LogP contribution in [0.4, 0.5) is 0 Å². The van der Waals surface area contributed by atoms with Crippen molar-refractivity contribution in [2.24, 2.45) is 18.5 Å². The molecule has 0 aromatic carbocycles. The molecular formula is C7H13N3. The third-order valence-corrected chi connectivity index (χ3v) is 1.61. The lowest BCUT2D eigenvalue weighted by Crippen LogP contribution is -2.01. The predicted octanol–water partition coefficient (Wildman–Crippen LogP) is -0.0575. The third kappa shape index (κ3) is 1.20. The van der Waals surface area contributed by atoms with Gasteiger partial charge in [-0.1, -0.05) is 0 Å². The van der Waals surface area contributed by atoms with Crippen molar-refractivity contribution in [3.8, 4) is 0 Å². The fourth-order valence-electron chi connectivity index (χ4n) is 0.999. The average molecular weight is 139 g/mol. The van der Waals surface area contributed by atoms with Crippen molar-refractivity contribution in [3.63, 3.8) is 0 Å². The highest BCUT2D eigenvalue weighted by Gasteiger charge is 1.97. The van der Waals surface area contributed by atoms with Gasteiger partial charge in [-0.15, -0.1) is 0 Å². The Labute approximate surface area is 60.6 Å². The zero-order valence-corrected chi connectivity index (χ0v) is 6.17. The van der Waals surface area contributed by atoms with Crippen LogP contribution in [0.25, 0.3) is 0 Å². The van der Waals surface area contributed by atoms with Gasteiger partial charge in [0, 0.05) is 32.0 Å². The minimum atomic E-state index is 0.580. The molecular weight excluding hydrogens is 126 g/mol. The molecule has 0 aliphatic carbocycles. The van der Waals surface area contributed by atoms with E-state index in [-0.39, 0.29) is 0 Å². The molecule has 0 unspecified atom stereocenters. The Kier molecular flexibility index (Phi) is 2.09. The first-order valence-electron chi connectivity index (χ1n) is 3.32. The lowest BCUT2D eigenvalue weighted by atomic mass is 10.3. The van der Waals surface area contributed by atoms with E-state index in [4.69, 9.17) is 11.5 Å². The molecule has 1 aromatic rings. The maximum Gasteiger partial charge on any atom is 0.0334 e. The van der Waals surface area contributed by atoms with Crippen molar-refractivity contribution >= 4 is 0 Å². The summed E-state index contributed by atoms with van der Waals surface area (Å²) >= 11 is 0. The van der Waals surface area contributed by atoms with Crippen molar-refractivity contribution in [1.29, 1.82) is 0 Å². The molecule has 3 heteroatoms. The first kappa shape index (κ1) is 7.31. The van der Waals surface area contributed by atoms with E-state index in [9.17, 15) is 0 Å². The van der Waals surface area contributed by atoms with Crippen LogP contribution in [-0.4, -0.2) is 4.57 Å². The second kappa shape index (κ2) is 2.86. The SMILES string of the molecule is Cn1cc(CN)cc1CN. The third-order valence-electron chi connectivity index (χ3n) is 1.61. The average Bonchev–Trinajstić information content (AvgIpc) is 2.30. The second-order valence-electron chi connectivity index (χ2n) is 2.36. The van der Waals surface area contributed by atoms with E-state index >= 15 is 0 Å². The molecule has 0 radical (unpaired) electrons. The zero-order valence-electron chi connectivity index (χ0n) is 6.17. The standard InChI is InChI=1S/C7H13N3/c1-10-5-6(3-8)2-7(10)4-9/h2,5H,3-4,8-9H2,1H3. The Hall–Kier alpha value is -0.800. The number of rotatable bonds is 2. The van der Waals surface area contributed by atoms with Gasteiger partial charge in [0.25, 0.3) is 0 Å². The van der Waals surface area contributed by atoms with E-state index in [1.54, 1.807) is 0 Å². The fraction of sp³-hybridized carbons (Fsp3) is 0.429. The molecule has 0 amide bonds. The molecule has 56 valence electrons. The molecule has 4 N–H and O–H groups in total. The van der Waals surface area contributed by atoms with Crippen molar-refractivity contribution < 1.29 is 0 Å². The molecule has 0 bridgehead atoms. The first-order chi connectivity index (χ1) is 4.77. The maximum absolute atomic E-state index is 5.46. The number of nitrogens with zero attached hydrogens (tertiary/aromatic N) is 1. The molecule has 0 atom stereocenters. The smallest absolute Gasteiger partial charge is 0.0334 e. The lowest BCUT2D eigenvalue weighted by Gasteiger charge is -1.95. The van der Waals surface area contributed by atoms with Crippen LogP contribution in [0.1, 0.15) is 11.3 Å². The monoisotopic (exact) mass is 139 g/mol. The molecule has 0 aliphatic rings. The Morgan fingerprint density at radius 2 is 2.10 bits per heavy atom. The van der Waals surface area contributed by atoms with E-state index in [0.717, 1.165) is 11.3 Å². The minimum Gasteiger partial charge on any atom is -0.353 e. The van der Waals surface area contributed by atoms with Gasteiger partial charge in [0.2, 0.25) is 0 Å². The van der Waals surface area contributed by atoms with Gasteiger partial charge < -0.3 is 16.0 Å². The van der Waals surface area contributed by atoms with Gasteiger partial charge >= 0.3 is 0 Å². The fourth-order valence-corrected chi connectivity index (χ4v) is 0.999. The van der Waals surface area contributed by atoms with Crippen LogP contribution in [0.3, 0.4) is 0 Å². The summed E-state index contributed by atoms with van der Waals surface area (Å²) in [6.45, 7) is 1.17. The van der Waals surface area contributed by atoms with E-state index < -0.39 is 0 Å². The molecule has 0 fully saturated rings. The highest BCUT2D eigenvalue weighted by atomic mass is 14.9. The molecule has 1 aromatic heterocycles. The summed E-state index contributed by atoms with van der Waals surface area (Å²) in [7, 11) is 1.97. The number of hydrogen-bond donors (Lipinski definition) is 2. The van der Waals surface area contributed by atoms with Crippen LogP contribution in [0.2, 0.25) is 0 Å². The van der Waals surface area contributed by atoms with Crippen LogP contribution >= 0.6 is 0 Å². The Morgan fingerprint density at radius 3 is 2.40 bits per heavy atom. The summed E-state index contributed by atoms with van der Waals surface area (Å²) in [5, 5.41) is 0. The van der Waals surface area contributed by atoms with Crippen molar-refractivity contribution in [1.82, 2.24) is 4.57 Å². The number of aromatic nitrogens is 1. The lowest BCUT2D eigenvalue weighted by molar-refractivity contribution is 0.822. The van der Waals surface area contributed by atoms with E-state index in [0.29, 0.717) is 13.1 Å².